The number of nitrogens with zero attached hydrogens (tertiary/aromatic N) is 3. The Bertz CT molecular complexity index is 1480. The number of benzene rings is 3. The molecule has 4 nitrogen and oxygen atoms in total. The van der Waals surface area contributed by atoms with Crippen molar-refractivity contribution >= 4 is 39.3 Å². The third-order valence-electron chi connectivity index (χ3n) is 8.43. The molecule has 36 heavy (non-hydrogen) atoms. The Labute approximate surface area is 214 Å². The first kappa shape index (κ1) is 23.2. The van der Waals surface area contributed by atoms with Gasteiger partial charge in [-0.05, 0) is 60.0 Å². The van der Waals surface area contributed by atoms with Gasteiger partial charge in [-0.25, -0.2) is 0 Å². The largest absolute Gasteiger partial charge is 0.378 e. The quantitative estimate of drug-likeness (QED) is 0.292. The summed E-state index contributed by atoms with van der Waals surface area (Å²) in [5.74, 6) is 0. The zero-order chi connectivity index (χ0) is 25.1. The molecule has 0 amide bonds. The molecule has 1 saturated heterocycles. The molecule has 186 valence electrons. The van der Waals surface area contributed by atoms with Crippen LogP contribution in [0.2, 0.25) is 0 Å². The lowest BCUT2D eigenvalue weighted by Crippen LogP contribution is -2.51. The summed E-state index contributed by atoms with van der Waals surface area (Å²) in [6.07, 6.45) is 6.97. The lowest BCUT2D eigenvalue weighted by Gasteiger charge is -2.39. The van der Waals surface area contributed by atoms with Gasteiger partial charge in [0.1, 0.15) is 0 Å². The minimum absolute atomic E-state index is 0.179. The van der Waals surface area contributed by atoms with E-state index in [2.05, 4.69) is 122 Å². The number of ether oxygens (including phenoxy) is 1. The summed E-state index contributed by atoms with van der Waals surface area (Å²) in [5.41, 5.74) is 7.08. The van der Waals surface area contributed by atoms with Crippen molar-refractivity contribution in [2.45, 2.75) is 51.3 Å². The van der Waals surface area contributed by atoms with E-state index in [1.807, 2.05) is 0 Å². The van der Waals surface area contributed by atoms with Crippen molar-refractivity contribution < 1.29 is 4.74 Å². The van der Waals surface area contributed by atoms with Crippen LogP contribution < -0.4 is 9.80 Å². The molecule has 4 aromatic rings. The van der Waals surface area contributed by atoms with E-state index in [1.165, 1.54) is 57.1 Å². The SMILES string of the molecule is CCCCn1c2ccccc2c2cc(/C=C/C34OCCN3c3ccc(N(C)C)cc3C4(C)C)ccc21. The fraction of sp³-hybridized carbons (Fsp3) is 0.375. The van der Waals surface area contributed by atoms with E-state index in [-0.39, 0.29) is 5.41 Å². The molecule has 0 bridgehead atoms. The van der Waals surface area contributed by atoms with Crippen LogP contribution in [0.25, 0.3) is 27.9 Å². The normalized spacial score (nSPS) is 20.5. The molecule has 0 aliphatic carbocycles. The number of unbranched alkanes of at least 4 members (excludes halogenated alkanes) is 1. The topological polar surface area (TPSA) is 20.6 Å². The second-order valence-corrected chi connectivity index (χ2v) is 11.0. The van der Waals surface area contributed by atoms with Crippen molar-refractivity contribution in [3.05, 3.63) is 77.9 Å². The van der Waals surface area contributed by atoms with E-state index >= 15 is 0 Å². The first-order valence-corrected chi connectivity index (χ1v) is 13.3. The van der Waals surface area contributed by atoms with Crippen LogP contribution in [0.15, 0.2) is 66.7 Å². The molecule has 0 spiro atoms. The first-order chi connectivity index (χ1) is 17.4. The van der Waals surface area contributed by atoms with E-state index in [1.54, 1.807) is 0 Å². The summed E-state index contributed by atoms with van der Waals surface area (Å²) in [6.45, 7) is 9.62. The highest BCUT2D eigenvalue weighted by Crippen LogP contribution is 2.55. The molecule has 3 aromatic carbocycles. The molecule has 0 N–H and O–H groups in total. The monoisotopic (exact) mass is 479 g/mol. The highest BCUT2D eigenvalue weighted by Gasteiger charge is 2.59. The van der Waals surface area contributed by atoms with Gasteiger partial charge in [-0.1, -0.05) is 57.5 Å². The third kappa shape index (κ3) is 3.24. The molecule has 6 rings (SSSR count). The molecule has 2 aliphatic rings. The van der Waals surface area contributed by atoms with Crippen LogP contribution in [0.3, 0.4) is 0 Å². The fourth-order valence-electron chi connectivity index (χ4n) is 6.37. The first-order valence-electron chi connectivity index (χ1n) is 13.3. The van der Waals surface area contributed by atoms with E-state index in [4.69, 9.17) is 4.74 Å². The summed E-state index contributed by atoms with van der Waals surface area (Å²) < 4.78 is 9.10. The van der Waals surface area contributed by atoms with Crippen molar-refractivity contribution in [1.29, 1.82) is 0 Å². The lowest BCUT2D eigenvalue weighted by molar-refractivity contribution is 0.000345. The van der Waals surface area contributed by atoms with E-state index in [0.717, 1.165) is 19.7 Å². The van der Waals surface area contributed by atoms with Crippen LogP contribution in [-0.4, -0.2) is 37.5 Å². The van der Waals surface area contributed by atoms with Crippen LogP contribution in [0.5, 0.6) is 0 Å². The van der Waals surface area contributed by atoms with Crippen LogP contribution in [0, 0.1) is 0 Å². The van der Waals surface area contributed by atoms with Crippen LogP contribution in [0.1, 0.15) is 44.7 Å². The molecule has 1 atom stereocenters. The molecule has 1 unspecified atom stereocenters. The predicted molar refractivity (Wildman–Crippen MR) is 153 cm³/mol. The number of anilines is 2. The number of hydrogen-bond acceptors (Lipinski definition) is 3. The maximum absolute atomic E-state index is 6.61. The zero-order valence-electron chi connectivity index (χ0n) is 22.2. The van der Waals surface area contributed by atoms with Gasteiger partial charge >= 0.3 is 0 Å². The molecule has 0 radical (unpaired) electrons. The molecular weight excluding hydrogens is 442 g/mol. The van der Waals surface area contributed by atoms with E-state index < -0.39 is 5.72 Å². The second-order valence-electron chi connectivity index (χ2n) is 11.0. The highest BCUT2D eigenvalue weighted by molar-refractivity contribution is 6.08. The summed E-state index contributed by atoms with van der Waals surface area (Å²) in [5, 5.41) is 2.66. The summed E-state index contributed by atoms with van der Waals surface area (Å²) in [6, 6.07) is 22.5. The van der Waals surface area contributed by atoms with Crippen molar-refractivity contribution in [2.24, 2.45) is 0 Å². The Balaban J connectivity index is 1.42. The Morgan fingerprint density at radius 1 is 0.972 bits per heavy atom. The second kappa shape index (κ2) is 8.41. The number of aryl methyl sites for hydroxylation is 1. The van der Waals surface area contributed by atoms with Gasteiger partial charge in [0.25, 0.3) is 0 Å². The van der Waals surface area contributed by atoms with Crippen molar-refractivity contribution in [3.63, 3.8) is 0 Å². The van der Waals surface area contributed by atoms with E-state index in [9.17, 15) is 0 Å². The fourth-order valence-corrected chi connectivity index (χ4v) is 6.37. The summed E-state index contributed by atoms with van der Waals surface area (Å²) in [4.78, 5) is 4.64. The minimum atomic E-state index is -0.482. The average Bonchev–Trinajstić information content (AvgIpc) is 3.50. The molecule has 0 saturated carbocycles. The van der Waals surface area contributed by atoms with Crippen molar-refractivity contribution in [2.75, 3.05) is 37.0 Å². The van der Waals surface area contributed by atoms with Crippen LogP contribution in [0.4, 0.5) is 11.4 Å². The molecule has 1 fully saturated rings. The van der Waals surface area contributed by atoms with Gasteiger partial charge in [-0.2, -0.15) is 0 Å². The standard InChI is InChI=1S/C32H37N3O/c1-6-7-18-34-28-11-9-8-10-25(28)26-21-23(12-14-29(26)34)16-17-32-31(2,3)27-22-24(33(4)5)13-15-30(27)35(32)19-20-36-32/h8-17,21-22H,6-7,18-20H2,1-5H3/b17-16+. The van der Waals surface area contributed by atoms with Gasteiger partial charge < -0.3 is 19.1 Å². The maximum Gasteiger partial charge on any atom is 0.170 e. The number of para-hydroxylation sites is 1. The Morgan fingerprint density at radius 3 is 2.58 bits per heavy atom. The van der Waals surface area contributed by atoms with Gasteiger partial charge in [-0.15, -0.1) is 0 Å². The Hall–Kier alpha value is -3.24. The summed E-state index contributed by atoms with van der Waals surface area (Å²) >= 11 is 0. The Morgan fingerprint density at radius 2 is 1.78 bits per heavy atom. The molecule has 3 heterocycles. The number of fused-ring (bicyclic) bond motifs is 6. The van der Waals surface area contributed by atoms with Crippen molar-refractivity contribution in [1.82, 2.24) is 4.57 Å². The van der Waals surface area contributed by atoms with Gasteiger partial charge in [0.15, 0.2) is 5.72 Å². The average molecular weight is 480 g/mol. The smallest absolute Gasteiger partial charge is 0.170 e. The lowest BCUT2D eigenvalue weighted by atomic mass is 9.77. The minimum Gasteiger partial charge on any atom is -0.378 e. The number of rotatable bonds is 6. The molecule has 1 aromatic heterocycles. The van der Waals surface area contributed by atoms with Gasteiger partial charge in [0.2, 0.25) is 0 Å². The van der Waals surface area contributed by atoms with Gasteiger partial charge in [0, 0.05) is 65.8 Å². The van der Waals surface area contributed by atoms with Crippen LogP contribution in [-0.2, 0) is 16.7 Å². The molecule has 4 heteroatoms. The number of aromatic nitrogens is 1. The molecular formula is C32H37N3O. The Kier molecular flexibility index (Phi) is 5.42. The highest BCUT2D eigenvalue weighted by atomic mass is 16.5. The van der Waals surface area contributed by atoms with Gasteiger partial charge in [0.05, 0.1) is 6.61 Å². The summed E-state index contributed by atoms with van der Waals surface area (Å²) in [7, 11) is 4.21. The maximum atomic E-state index is 6.61. The van der Waals surface area contributed by atoms with Crippen LogP contribution >= 0.6 is 0 Å². The number of hydrogen-bond donors (Lipinski definition) is 0. The van der Waals surface area contributed by atoms with Gasteiger partial charge in [-0.3, -0.25) is 0 Å². The molecule has 2 aliphatic heterocycles. The zero-order valence-corrected chi connectivity index (χ0v) is 22.2. The predicted octanol–water partition coefficient (Wildman–Crippen LogP) is 7.20. The third-order valence-corrected chi connectivity index (χ3v) is 8.43. The van der Waals surface area contributed by atoms with E-state index in [0.29, 0.717) is 0 Å². The van der Waals surface area contributed by atoms with Crippen molar-refractivity contribution in [3.8, 4) is 0 Å².